The lowest BCUT2D eigenvalue weighted by atomic mass is 9.49. The molecule has 0 saturated heterocycles. The summed E-state index contributed by atoms with van der Waals surface area (Å²) < 4.78 is 20.0. The van der Waals surface area contributed by atoms with Gasteiger partial charge in [0.25, 0.3) is 0 Å². The Morgan fingerprint density at radius 1 is 1.29 bits per heavy atom. The van der Waals surface area contributed by atoms with E-state index >= 15 is 0 Å². The molecule has 3 fully saturated rings. The molecule has 4 N–H and O–H groups in total. The Labute approximate surface area is 244 Å². The zero-order chi connectivity index (χ0) is 29.1. The molecule has 0 spiro atoms. The molecule has 0 amide bonds. The van der Waals surface area contributed by atoms with Crippen LogP contribution in [0, 0.1) is 35.5 Å². The van der Waals surface area contributed by atoms with Crippen molar-refractivity contribution in [1.82, 2.24) is 25.9 Å². The van der Waals surface area contributed by atoms with Crippen molar-refractivity contribution < 1.29 is 9.13 Å². The second-order valence-corrected chi connectivity index (χ2v) is 12.9. The molecule has 2 aromatic heterocycles. The normalized spacial score (nSPS) is 22.0. The molecule has 7 rings (SSSR count). The fourth-order valence-electron chi connectivity index (χ4n) is 6.07. The van der Waals surface area contributed by atoms with Gasteiger partial charge in [-0.3, -0.25) is 9.99 Å². The second-order valence-electron chi connectivity index (χ2n) is 12.5. The van der Waals surface area contributed by atoms with Crippen LogP contribution in [0.3, 0.4) is 0 Å². The van der Waals surface area contributed by atoms with Crippen LogP contribution in [0.2, 0.25) is 5.02 Å². The molecule has 1 aliphatic heterocycles. The highest BCUT2D eigenvalue weighted by Crippen LogP contribution is 2.61. The van der Waals surface area contributed by atoms with Gasteiger partial charge in [-0.2, -0.15) is 9.65 Å². The van der Waals surface area contributed by atoms with E-state index in [0.717, 1.165) is 41.8 Å². The Morgan fingerprint density at radius 3 is 2.66 bits per heavy atom. The maximum Gasteiger partial charge on any atom is 0.229 e. The first kappa shape index (κ1) is 27.4. The van der Waals surface area contributed by atoms with Gasteiger partial charge in [0.1, 0.15) is 17.8 Å². The number of nitrogens with one attached hydrogen (secondary N) is 4. The molecule has 0 unspecified atom stereocenters. The Balaban J connectivity index is 1.45. The maximum absolute atomic E-state index is 14.1. The van der Waals surface area contributed by atoms with Gasteiger partial charge in [0.2, 0.25) is 11.8 Å². The molecule has 3 saturated carbocycles. The third-order valence-electron chi connectivity index (χ3n) is 8.25. The van der Waals surface area contributed by atoms with Crippen LogP contribution in [-0.2, 0) is 4.74 Å². The van der Waals surface area contributed by atoms with Crippen LogP contribution in [0.4, 0.5) is 15.8 Å². The number of hydrogen-bond acceptors (Lipinski definition) is 9. The molecule has 11 heteroatoms. The van der Waals surface area contributed by atoms with Crippen LogP contribution in [0.1, 0.15) is 62.9 Å². The number of ether oxygens (including phenoxy) is 1. The molecule has 4 aliphatic rings. The van der Waals surface area contributed by atoms with Gasteiger partial charge in [-0.15, -0.1) is 5.53 Å². The number of aryl methyl sites for hydroxylation is 1. The van der Waals surface area contributed by atoms with E-state index in [9.17, 15) is 9.65 Å². The van der Waals surface area contributed by atoms with E-state index in [2.05, 4.69) is 63.4 Å². The van der Waals surface area contributed by atoms with Crippen molar-refractivity contribution in [2.24, 2.45) is 11.3 Å². The zero-order valence-electron chi connectivity index (χ0n) is 23.8. The largest absolute Gasteiger partial charge is 0.480 e. The molecule has 1 atom stereocenters. The number of nitrogens with zero attached hydrogens (tertiary/aromatic N) is 4. The SMILES string of the molecule is COC1=C([C@@H](Nc2cc(Cl)c3ncc(C#N)c(NCC(C)(C)C)c3c2)c2ccc(F)nc2C)NNN1C12CC(C1)C2. The van der Waals surface area contributed by atoms with Gasteiger partial charge in [0, 0.05) is 35.1 Å². The monoisotopic (exact) mass is 576 g/mol. The third kappa shape index (κ3) is 4.77. The van der Waals surface area contributed by atoms with Crippen molar-refractivity contribution in [3.05, 3.63) is 69.8 Å². The van der Waals surface area contributed by atoms with E-state index in [1.807, 2.05) is 12.1 Å². The second kappa shape index (κ2) is 9.93. The smallest absolute Gasteiger partial charge is 0.229 e. The highest BCUT2D eigenvalue weighted by atomic mass is 35.5. The van der Waals surface area contributed by atoms with Gasteiger partial charge < -0.3 is 20.8 Å². The van der Waals surface area contributed by atoms with Crippen molar-refractivity contribution in [3.63, 3.8) is 0 Å². The highest BCUT2D eigenvalue weighted by Gasteiger charge is 2.62. The quantitative estimate of drug-likeness (QED) is 0.243. The predicted octanol–water partition coefficient (Wildman–Crippen LogP) is 5.91. The Hall–Kier alpha value is -3.81. The molecule has 1 aromatic carbocycles. The summed E-state index contributed by atoms with van der Waals surface area (Å²) in [6.45, 7) is 8.81. The standard InChI is InChI=1S/C30H34ClFN8O/c1-16-20(6-7-23(32)36-16)26(27-28(41-5)40(39-38-27)30-10-17(11-30)12-30)37-19-8-21-24(35-15-29(2,3)4)18(13-33)14-34-25(21)22(31)9-19/h6-9,14,17,26,37-39H,10-12,15H2,1-5H3,(H,34,35)/t17?,26-,30?/m0/s1. The summed E-state index contributed by atoms with van der Waals surface area (Å²) >= 11 is 6.78. The minimum Gasteiger partial charge on any atom is -0.480 e. The predicted molar refractivity (Wildman–Crippen MR) is 157 cm³/mol. The maximum atomic E-state index is 14.1. The summed E-state index contributed by atoms with van der Waals surface area (Å²) in [5, 5.41) is 20.2. The number of halogens is 2. The van der Waals surface area contributed by atoms with Crippen molar-refractivity contribution in [3.8, 4) is 6.07 Å². The summed E-state index contributed by atoms with van der Waals surface area (Å²) in [5.41, 5.74) is 11.2. The van der Waals surface area contributed by atoms with Crippen LogP contribution in [0.15, 0.2) is 42.0 Å². The topological polar surface area (TPSA) is 110 Å². The molecular formula is C30H34ClFN8O. The Morgan fingerprint density at radius 2 is 2.05 bits per heavy atom. The molecule has 3 heterocycles. The molecule has 3 aliphatic carbocycles. The van der Waals surface area contributed by atoms with Gasteiger partial charge >= 0.3 is 0 Å². The number of hydrazine groups is 2. The van der Waals surface area contributed by atoms with Gasteiger partial charge in [0.15, 0.2) is 0 Å². The zero-order valence-corrected chi connectivity index (χ0v) is 24.6. The Bertz CT molecular complexity index is 1590. The first-order valence-corrected chi connectivity index (χ1v) is 14.2. The van der Waals surface area contributed by atoms with E-state index in [1.165, 1.54) is 6.07 Å². The van der Waals surface area contributed by atoms with E-state index in [-0.39, 0.29) is 11.0 Å². The lowest BCUT2D eigenvalue weighted by Crippen LogP contribution is -2.70. The van der Waals surface area contributed by atoms with Crippen molar-refractivity contribution in [1.29, 1.82) is 5.26 Å². The number of rotatable bonds is 8. The summed E-state index contributed by atoms with van der Waals surface area (Å²) in [4.78, 5) is 8.59. The lowest BCUT2D eigenvalue weighted by Gasteiger charge is -2.65. The van der Waals surface area contributed by atoms with Crippen LogP contribution < -0.4 is 21.6 Å². The molecule has 3 aromatic rings. The van der Waals surface area contributed by atoms with Gasteiger partial charge in [-0.1, -0.05) is 38.4 Å². The Kier molecular flexibility index (Phi) is 6.63. The van der Waals surface area contributed by atoms with E-state index in [4.69, 9.17) is 16.3 Å². The number of fused-ring (bicyclic) bond motifs is 1. The fraction of sp³-hybridized carbons (Fsp3) is 0.433. The number of methoxy groups -OCH3 is 1. The van der Waals surface area contributed by atoms with Crippen LogP contribution in [0.5, 0.6) is 0 Å². The van der Waals surface area contributed by atoms with Crippen molar-refractivity contribution >= 4 is 33.9 Å². The number of aromatic nitrogens is 2. The lowest BCUT2D eigenvalue weighted by molar-refractivity contribution is -0.164. The van der Waals surface area contributed by atoms with Gasteiger partial charge in [0.05, 0.1) is 34.4 Å². The number of hydrogen-bond donors (Lipinski definition) is 4. The average Bonchev–Trinajstić information content (AvgIpc) is 3.27. The van der Waals surface area contributed by atoms with Crippen LogP contribution >= 0.6 is 11.6 Å². The first-order chi connectivity index (χ1) is 19.5. The molecular weight excluding hydrogens is 543 g/mol. The van der Waals surface area contributed by atoms with Gasteiger partial charge in [-0.25, -0.2) is 4.98 Å². The molecule has 0 radical (unpaired) electrons. The number of nitriles is 1. The van der Waals surface area contributed by atoms with E-state index in [1.54, 1.807) is 26.3 Å². The van der Waals surface area contributed by atoms with Crippen molar-refractivity contribution in [2.45, 2.75) is 58.5 Å². The van der Waals surface area contributed by atoms with E-state index < -0.39 is 12.0 Å². The van der Waals surface area contributed by atoms with Crippen LogP contribution in [-0.4, -0.2) is 34.2 Å². The number of anilines is 2. The average molecular weight is 577 g/mol. The number of benzene rings is 1. The minimum absolute atomic E-state index is 0.0172. The molecule has 2 bridgehead atoms. The summed E-state index contributed by atoms with van der Waals surface area (Å²) in [6.07, 6.45) is 4.91. The van der Waals surface area contributed by atoms with E-state index in [0.29, 0.717) is 45.6 Å². The number of pyridine rings is 2. The highest BCUT2D eigenvalue weighted by molar-refractivity contribution is 6.35. The van der Waals surface area contributed by atoms with Crippen molar-refractivity contribution in [2.75, 3.05) is 24.3 Å². The fourth-order valence-corrected chi connectivity index (χ4v) is 6.34. The summed E-state index contributed by atoms with van der Waals surface area (Å²) in [6, 6.07) is 8.60. The first-order valence-electron chi connectivity index (χ1n) is 13.8. The molecule has 214 valence electrons. The minimum atomic E-state index is -0.544. The van der Waals surface area contributed by atoms with Crippen LogP contribution in [0.25, 0.3) is 10.9 Å². The molecule has 9 nitrogen and oxygen atoms in total. The third-order valence-corrected chi connectivity index (χ3v) is 8.54. The summed E-state index contributed by atoms with van der Waals surface area (Å²) in [5.74, 6) is 0.916. The van der Waals surface area contributed by atoms with Gasteiger partial charge in [-0.05, 0) is 55.7 Å². The molecule has 41 heavy (non-hydrogen) atoms. The summed E-state index contributed by atoms with van der Waals surface area (Å²) in [7, 11) is 1.66.